The molecule has 2 aromatic carbocycles. The van der Waals surface area contributed by atoms with Crippen molar-refractivity contribution in [1.29, 1.82) is 5.26 Å². The number of nitriles is 1. The third-order valence-corrected chi connectivity index (χ3v) is 2.30. The molecule has 0 N–H and O–H groups in total. The zero-order valence-electron chi connectivity index (χ0n) is 9.06. The molecule has 2 nitrogen and oxygen atoms in total. The molecule has 0 aromatic heterocycles. The van der Waals surface area contributed by atoms with E-state index in [1.165, 1.54) is 18.2 Å². The first-order chi connectivity index (χ1) is 8.29. The number of nitrogens with zero attached hydrogens (tertiary/aromatic N) is 1. The lowest BCUT2D eigenvalue weighted by atomic mass is 10.2. The smallest absolute Gasteiger partial charge is 0.140 e. The van der Waals surface area contributed by atoms with Crippen molar-refractivity contribution < 1.29 is 9.13 Å². The van der Waals surface area contributed by atoms with Crippen LogP contribution < -0.4 is 4.74 Å². The maximum absolute atomic E-state index is 13.0. The SMILES string of the molecule is N#Cc1ccc(F)cc1OCc1ccccc1. The molecule has 0 aliphatic heterocycles. The van der Waals surface area contributed by atoms with Gasteiger partial charge in [-0.1, -0.05) is 30.3 Å². The summed E-state index contributed by atoms with van der Waals surface area (Å²) in [6, 6.07) is 15.4. The van der Waals surface area contributed by atoms with Gasteiger partial charge in [-0.15, -0.1) is 0 Å². The van der Waals surface area contributed by atoms with Gasteiger partial charge in [-0.3, -0.25) is 0 Å². The van der Waals surface area contributed by atoms with Crippen LogP contribution in [0.3, 0.4) is 0 Å². The van der Waals surface area contributed by atoms with Gasteiger partial charge in [-0.25, -0.2) is 4.39 Å². The Morgan fingerprint density at radius 2 is 1.88 bits per heavy atom. The lowest BCUT2D eigenvalue weighted by Crippen LogP contribution is -1.97. The van der Waals surface area contributed by atoms with E-state index < -0.39 is 5.82 Å². The molecule has 0 aliphatic carbocycles. The first kappa shape index (κ1) is 11.2. The van der Waals surface area contributed by atoms with Crippen LogP contribution in [0.5, 0.6) is 5.75 Å². The average molecular weight is 227 g/mol. The van der Waals surface area contributed by atoms with Crippen LogP contribution in [0.4, 0.5) is 4.39 Å². The van der Waals surface area contributed by atoms with Crippen LogP contribution in [0, 0.1) is 17.1 Å². The van der Waals surface area contributed by atoms with Crippen molar-refractivity contribution in [1.82, 2.24) is 0 Å². The van der Waals surface area contributed by atoms with Gasteiger partial charge in [0.1, 0.15) is 24.2 Å². The predicted octanol–water partition coefficient (Wildman–Crippen LogP) is 3.28. The van der Waals surface area contributed by atoms with E-state index in [-0.39, 0.29) is 5.75 Å². The van der Waals surface area contributed by atoms with Gasteiger partial charge >= 0.3 is 0 Å². The number of rotatable bonds is 3. The van der Waals surface area contributed by atoms with Gasteiger partial charge in [0, 0.05) is 6.07 Å². The molecule has 0 bridgehead atoms. The van der Waals surface area contributed by atoms with Gasteiger partial charge < -0.3 is 4.74 Å². The zero-order valence-corrected chi connectivity index (χ0v) is 9.06. The molecule has 3 heteroatoms. The highest BCUT2D eigenvalue weighted by molar-refractivity contribution is 5.43. The Balaban J connectivity index is 2.14. The van der Waals surface area contributed by atoms with Gasteiger partial charge in [-0.2, -0.15) is 5.26 Å². The van der Waals surface area contributed by atoms with Crippen LogP contribution in [0.2, 0.25) is 0 Å². The summed E-state index contributed by atoms with van der Waals surface area (Å²) in [5.74, 6) is -0.136. The Morgan fingerprint density at radius 1 is 1.12 bits per heavy atom. The third-order valence-electron chi connectivity index (χ3n) is 2.30. The fourth-order valence-corrected chi connectivity index (χ4v) is 1.44. The second-order valence-electron chi connectivity index (χ2n) is 3.53. The summed E-state index contributed by atoms with van der Waals surface area (Å²) in [4.78, 5) is 0. The van der Waals surface area contributed by atoms with Crippen LogP contribution >= 0.6 is 0 Å². The summed E-state index contributed by atoms with van der Waals surface area (Å²) in [5, 5.41) is 8.85. The van der Waals surface area contributed by atoms with Gasteiger partial charge in [-0.05, 0) is 17.7 Å². The lowest BCUT2D eigenvalue weighted by molar-refractivity contribution is 0.303. The van der Waals surface area contributed by atoms with Gasteiger partial charge in [0.25, 0.3) is 0 Å². The largest absolute Gasteiger partial charge is 0.487 e. The van der Waals surface area contributed by atoms with E-state index in [1.807, 2.05) is 36.4 Å². The van der Waals surface area contributed by atoms with Crippen molar-refractivity contribution in [2.24, 2.45) is 0 Å². The van der Waals surface area contributed by atoms with Crippen LogP contribution in [-0.4, -0.2) is 0 Å². The van der Waals surface area contributed by atoms with Crippen molar-refractivity contribution in [2.45, 2.75) is 6.61 Å². The van der Waals surface area contributed by atoms with E-state index in [1.54, 1.807) is 0 Å². The third kappa shape index (κ3) is 2.82. The topological polar surface area (TPSA) is 33.0 Å². The van der Waals surface area contributed by atoms with E-state index in [4.69, 9.17) is 10.00 Å². The number of benzene rings is 2. The van der Waals surface area contributed by atoms with Crippen LogP contribution in [0.25, 0.3) is 0 Å². The molecule has 0 spiro atoms. The molecule has 17 heavy (non-hydrogen) atoms. The van der Waals surface area contributed by atoms with E-state index in [0.717, 1.165) is 5.56 Å². The van der Waals surface area contributed by atoms with Gasteiger partial charge in [0.05, 0.1) is 5.56 Å². The van der Waals surface area contributed by atoms with Gasteiger partial charge in [0.15, 0.2) is 0 Å². The molecule has 0 fully saturated rings. The second-order valence-corrected chi connectivity index (χ2v) is 3.53. The molecule has 0 unspecified atom stereocenters. The van der Waals surface area contributed by atoms with Crippen LogP contribution in [0.1, 0.15) is 11.1 Å². The van der Waals surface area contributed by atoms with Crippen LogP contribution in [-0.2, 0) is 6.61 Å². The molecule has 2 rings (SSSR count). The maximum Gasteiger partial charge on any atom is 0.140 e. The molecule has 0 saturated heterocycles. The Morgan fingerprint density at radius 3 is 2.59 bits per heavy atom. The first-order valence-corrected chi connectivity index (χ1v) is 5.16. The molecule has 0 radical (unpaired) electrons. The molecule has 0 atom stereocenters. The molecule has 84 valence electrons. The fraction of sp³-hybridized carbons (Fsp3) is 0.0714. The number of hydrogen-bond donors (Lipinski definition) is 0. The summed E-state index contributed by atoms with van der Waals surface area (Å²) in [6.45, 7) is 0.318. The highest BCUT2D eigenvalue weighted by Gasteiger charge is 2.05. The molecular formula is C14H10FNO. The van der Waals surface area contributed by atoms with Crippen molar-refractivity contribution in [3.8, 4) is 11.8 Å². The molecule has 0 aliphatic rings. The number of ether oxygens (including phenoxy) is 1. The predicted molar refractivity (Wildman–Crippen MR) is 61.9 cm³/mol. The first-order valence-electron chi connectivity index (χ1n) is 5.16. The monoisotopic (exact) mass is 227 g/mol. The fourth-order valence-electron chi connectivity index (χ4n) is 1.44. The van der Waals surface area contributed by atoms with E-state index >= 15 is 0 Å². The Hall–Kier alpha value is -2.34. The van der Waals surface area contributed by atoms with Crippen molar-refractivity contribution in [3.63, 3.8) is 0 Å². The highest BCUT2D eigenvalue weighted by atomic mass is 19.1. The quantitative estimate of drug-likeness (QED) is 0.806. The van der Waals surface area contributed by atoms with Crippen molar-refractivity contribution in [3.05, 3.63) is 65.5 Å². The number of hydrogen-bond acceptors (Lipinski definition) is 2. The summed E-state index contributed by atoms with van der Waals surface area (Å²) >= 11 is 0. The Bertz CT molecular complexity index is 546. The average Bonchev–Trinajstić information content (AvgIpc) is 2.38. The van der Waals surface area contributed by atoms with E-state index in [9.17, 15) is 4.39 Å². The van der Waals surface area contributed by atoms with Crippen LogP contribution in [0.15, 0.2) is 48.5 Å². The standard InChI is InChI=1S/C14H10FNO/c15-13-7-6-12(9-16)14(8-13)17-10-11-4-2-1-3-5-11/h1-8H,10H2. The highest BCUT2D eigenvalue weighted by Crippen LogP contribution is 2.20. The second kappa shape index (κ2) is 5.13. The number of halogens is 1. The lowest BCUT2D eigenvalue weighted by Gasteiger charge is -2.07. The zero-order chi connectivity index (χ0) is 12.1. The summed E-state index contributed by atoms with van der Waals surface area (Å²) < 4.78 is 18.5. The molecule has 2 aromatic rings. The minimum atomic E-state index is -0.410. The Labute approximate surface area is 98.9 Å². The maximum atomic E-state index is 13.0. The Kier molecular flexibility index (Phi) is 3.37. The molecule has 0 heterocycles. The summed E-state index contributed by atoms with van der Waals surface area (Å²) in [5.41, 5.74) is 1.31. The minimum absolute atomic E-state index is 0.274. The van der Waals surface area contributed by atoms with Crippen molar-refractivity contribution >= 4 is 0 Å². The van der Waals surface area contributed by atoms with Crippen molar-refractivity contribution in [2.75, 3.05) is 0 Å². The van der Waals surface area contributed by atoms with E-state index in [0.29, 0.717) is 12.2 Å². The normalized spacial score (nSPS) is 9.65. The van der Waals surface area contributed by atoms with Gasteiger partial charge in [0.2, 0.25) is 0 Å². The molecule has 0 saturated carbocycles. The molecule has 0 amide bonds. The minimum Gasteiger partial charge on any atom is -0.487 e. The summed E-state index contributed by atoms with van der Waals surface area (Å²) in [6.07, 6.45) is 0. The summed E-state index contributed by atoms with van der Waals surface area (Å²) in [7, 11) is 0. The molecular weight excluding hydrogens is 217 g/mol. The van der Waals surface area contributed by atoms with E-state index in [2.05, 4.69) is 0 Å².